The van der Waals surface area contributed by atoms with E-state index in [2.05, 4.69) is 13.8 Å². The third-order valence-electron chi connectivity index (χ3n) is 3.84. The summed E-state index contributed by atoms with van der Waals surface area (Å²) < 4.78 is 45.2. The van der Waals surface area contributed by atoms with Gasteiger partial charge in [0.15, 0.2) is 0 Å². The molecular weight excluding hydrogens is 315 g/mol. The van der Waals surface area contributed by atoms with Gasteiger partial charge in [-0.1, -0.05) is 38.7 Å². The van der Waals surface area contributed by atoms with Gasteiger partial charge in [-0.25, -0.2) is 0 Å². The third-order valence-corrected chi connectivity index (χ3v) is 3.84. The minimum Gasteiger partial charge on any atom is -0.493 e. The van der Waals surface area contributed by atoms with Gasteiger partial charge in [0, 0.05) is 5.54 Å². The summed E-state index contributed by atoms with van der Waals surface area (Å²) in [5.74, 6) is -0.0909. The van der Waals surface area contributed by atoms with Crippen molar-refractivity contribution in [3.05, 3.63) is 36.2 Å². The molecule has 2 N–H and O–H groups in total. The topological polar surface area (TPSA) is 35.2 Å². The molecule has 1 atom stereocenters. The Balaban J connectivity index is 2.70. The quantitative estimate of drug-likeness (QED) is 0.566. The predicted octanol–water partition coefficient (Wildman–Crippen LogP) is 5.54. The number of hydrogen-bond acceptors (Lipinski definition) is 2. The first-order valence-electron chi connectivity index (χ1n) is 8.60. The molecule has 1 aromatic carbocycles. The molecule has 137 valence electrons. The summed E-state index contributed by atoms with van der Waals surface area (Å²) >= 11 is 0. The Kier molecular flexibility index (Phi) is 8.07. The Morgan fingerprint density at radius 1 is 1.12 bits per heavy atom. The van der Waals surface area contributed by atoms with Crippen LogP contribution >= 0.6 is 0 Å². The molecule has 5 heteroatoms. The molecule has 0 aromatic heterocycles. The summed E-state index contributed by atoms with van der Waals surface area (Å²) in [5, 5.41) is 0. The lowest BCUT2D eigenvalue weighted by Crippen LogP contribution is -2.32. The Morgan fingerprint density at radius 3 is 2.38 bits per heavy atom. The molecule has 0 saturated carbocycles. The van der Waals surface area contributed by atoms with E-state index >= 15 is 0 Å². The monoisotopic (exact) mass is 344 g/mol. The average Bonchev–Trinajstić information content (AvgIpc) is 2.47. The number of nitrogens with two attached hydrogens (primary N) is 1. The first-order chi connectivity index (χ1) is 11.1. The van der Waals surface area contributed by atoms with Gasteiger partial charge in [-0.2, -0.15) is 13.2 Å². The number of unbranched alkanes of at least 4 members (excludes halogenated alkanes) is 4. The highest BCUT2D eigenvalue weighted by Gasteiger charge is 2.34. The van der Waals surface area contributed by atoms with Gasteiger partial charge >= 0.3 is 6.18 Å². The second-order valence-electron chi connectivity index (χ2n) is 6.74. The van der Waals surface area contributed by atoms with Gasteiger partial charge in [0.05, 0.1) is 12.2 Å². The van der Waals surface area contributed by atoms with E-state index in [0.29, 0.717) is 25.0 Å². The zero-order valence-corrected chi connectivity index (χ0v) is 14.7. The fraction of sp³-hybridized carbons (Fsp3) is 0.632. The maximum atomic E-state index is 13.3. The summed E-state index contributed by atoms with van der Waals surface area (Å²) in [6.45, 7) is 7.97. The van der Waals surface area contributed by atoms with E-state index < -0.39 is 17.3 Å². The van der Waals surface area contributed by atoms with Crippen LogP contribution < -0.4 is 10.5 Å². The molecule has 24 heavy (non-hydrogen) atoms. The molecule has 2 nitrogen and oxygen atoms in total. The summed E-state index contributed by atoms with van der Waals surface area (Å²) in [6.07, 6.45) is 1.67. The minimum absolute atomic E-state index is 0.0909. The van der Waals surface area contributed by atoms with Crippen molar-refractivity contribution >= 4 is 0 Å². The smallest absolute Gasteiger partial charge is 0.419 e. The van der Waals surface area contributed by atoms with E-state index in [1.807, 2.05) is 0 Å². The molecule has 0 spiro atoms. The second kappa shape index (κ2) is 9.30. The van der Waals surface area contributed by atoms with E-state index in [9.17, 15) is 13.2 Å². The van der Waals surface area contributed by atoms with Gasteiger partial charge in [0.2, 0.25) is 0 Å². The van der Waals surface area contributed by atoms with Crippen molar-refractivity contribution in [3.8, 4) is 5.75 Å². The highest BCUT2D eigenvalue weighted by atomic mass is 19.4. The summed E-state index contributed by atoms with van der Waals surface area (Å²) in [4.78, 5) is 0. The van der Waals surface area contributed by atoms with Crippen molar-refractivity contribution in [2.45, 2.75) is 70.5 Å². The summed E-state index contributed by atoms with van der Waals surface area (Å²) in [6, 6.07) is 4.26. The Bertz CT molecular complexity index is 492. The molecule has 0 bridgehead atoms. The van der Waals surface area contributed by atoms with Crippen molar-refractivity contribution in [2.75, 3.05) is 6.61 Å². The SMILES string of the molecule is [CH2][C@](C)(N)CCc1ccc(OCCCCCCC)c(C(F)(F)F)c1. The van der Waals surface area contributed by atoms with Gasteiger partial charge in [-0.15, -0.1) is 0 Å². The maximum absolute atomic E-state index is 13.3. The van der Waals surface area contributed by atoms with Crippen LogP contribution in [0.5, 0.6) is 5.75 Å². The molecule has 0 aliphatic heterocycles. The van der Waals surface area contributed by atoms with Crippen LogP contribution in [0, 0.1) is 6.92 Å². The van der Waals surface area contributed by atoms with Gasteiger partial charge in [0.1, 0.15) is 5.75 Å². The predicted molar refractivity (Wildman–Crippen MR) is 92.0 cm³/mol. The molecule has 0 aliphatic carbocycles. The van der Waals surface area contributed by atoms with Gasteiger partial charge in [-0.3, -0.25) is 0 Å². The van der Waals surface area contributed by atoms with Crippen molar-refractivity contribution in [2.24, 2.45) is 5.73 Å². The normalized spacial score (nSPS) is 12.5. The lowest BCUT2D eigenvalue weighted by molar-refractivity contribution is -0.139. The molecule has 0 heterocycles. The molecular formula is C19H29F3NO. The number of aryl methyl sites for hydroxylation is 1. The van der Waals surface area contributed by atoms with Crippen LogP contribution in [0.2, 0.25) is 0 Å². The van der Waals surface area contributed by atoms with E-state index in [4.69, 9.17) is 10.5 Å². The molecule has 0 amide bonds. The van der Waals surface area contributed by atoms with Crippen LogP contribution in [-0.4, -0.2) is 12.1 Å². The Morgan fingerprint density at radius 2 is 1.79 bits per heavy atom. The van der Waals surface area contributed by atoms with E-state index in [1.165, 1.54) is 6.07 Å². The fourth-order valence-electron chi connectivity index (χ4n) is 2.40. The third kappa shape index (κ3) is 8.04. The number of rotatable bonds is 10. The van der Waals surface area contributed by atoms with Crippen molar-refractivity contribution in [1.82, 2.24) is 0 Å². The lowest BCUT2D eigenvalue weighted by atomic mass is 9.95. The molecule has 0 fully saturated rings. The van der Waals surface area contributed by atoms with Gasteiger partial charge in [0.25, 0.3) is 0 Å². The van der Waals surface area contributed by atoms with Crippen LogP contribution in [-0.2, 0) is 12.6 Å². The molecule has 1 aromatic rings. The Hall–Kier alpha value is -1.23. The lowest BCUT2D eigenvalue weighted by Gasteiger charge is -2.19. The van der Waals surface area contributed by atoms with Crippen molar-refractivity contribution in [1.29, 1.82) is 0 Å². The molecule has 1 radical (unpaired) electrons. The zero-order valence-electron chi connectivity index (χ0n) is 14.7. The molecule has 1 rings (SSSR count). The van der Waals surface area contributed by atoms with Crippen molar-refractivity contribution < 1.29 is 17.9 Å². The number of alkyl halides is 3. The first kappa shape index (κ1) is 20.8. The molecule has 0 saturated heterocycles. The molecule has 0 aliphatic rings. The largest absolute Gasteiger partial charge is 0.493 e. The number of hydrogen-bond donors (Lipinski definition) is 1. The fourth-order valence-corrected chi connectivity index (χ4v) is 2.40. The highest BCUT2D eigenvalue weighted by molar-refractivity contribution is 5.39. The van der Waals surface area contributed by atoms with Crippen molar-refractivity contribution in [3.63, 3.8) is 0 Å². The van der Waals surface area contributed by atoms with Crippen LogP contribution in [0.1, 0.15) is 63.5 Å². The van der Waals surface area contributed by atoms with Crippen LogP contribution in [0.3, 0.4) is 0 Å². The summed E-state index contributed by atoms with van der Waals surface area (Å²) in [5.41, 5.74) is 5.03. The summed E-state index contributed by atoms with van der Waals surface area (Å²) in [7, 11) is 0. The highest BCUT2D eigenvalue weighted by Crippen LogP contribution is 2.37. The number of ether oxygens (including phenoxy) is 1. The second-order valence-corrected chi connectivity index (χ2v) is 6.74. The minimum atomic E-state index is -4.43. The van der Waals surface area contributed by atoms with E-state index in [1.54, 1.807) is 13.0 Å². The standard InChI is InChI=1S/C19H29F3NO/c1-4-5-6-7-8-13-24-17-10-9-15(11-12-18(2,3)23)14-16(17)19(20,21)22/h9-10,14H,2,4-8,11-13,23H2,1,3H3/t18-/m1/s1. The average molecular weight is 344 g/mol. The van der Waals surface area contributed by atoms with Crippen LogP contribution in [0.15, 0.2) is 18.2 Å². The van der Waals surface area contributed by atoms with E-state index in [-0.39, 0.29) is 5.75 Å². The number of benzene rings is 1. The number of halogens is 3. The zero-order chi connectivity index (χ0) is 18.2. The first-order valence-corrected chi connectivity index (χ1v) is 8.60. The van der Waals surface area contributed by atoms with Gasteiger partial charge in [-0.05, 0) is 50.8 Å². The maximum Gasteiger partial charge on any atom is 0.419 e. The van der Waals surface area contributed by atoms with Gasteiger partial charge < -0.3 is 10.5 Å². The van der Waals surface area contributed by atoms with Crippen LogP contribution in [0.4, 0.5) is 13.2 Å². The van der Waals surface area contributed by atoms with Crippen LogP contribution in [0.25, 0.3) is 0 Å². The van der Waals surface area contributed by atoms with E-state index in [0.717, 1.165) is 38.2 Å². The Labute approximate surface area is 143 Å². The molecule has 0 unspecified atom stereocenters.